The third kappa shape index (κ3) is 3.40. The Morgan fingerprint density at radius 1 is 0.885 bits per heavy atom. The molecule has 1 atom stereocenters. The Kier molecular flexibility index (Phi) is 4.56. The Morgan fingerprint density at radius 2 is 1.58 bits per heavy atom. The van der Waals surface area contributed by atoms with Crippen LogP contribution in [0.3, 0.4) is 0 Å². The zero-order chi connectivity index (χ0) is 17.8. The molecule has 0 fully saturated rings. The number of fused-ring (bicyclic) bond motifs is 1. The summed E-state index contributed by atoms with van der Waals surface area (Å²) in [5.74, 6) is 1.33. The van der Waals surface area contributed by atoms with E-state index in [1.807, 2.05) is 78.9 Å². The maximum absolute atomic E-state index is 12.7. The van der Waals surface area contributed by atoms with Gasteiger partial charge in [0.25, 0.3) is 5.91 Å². The Hall–Kier alpha value is -3.27. The van der Waals surface area contributed by atoms with Gasteiger partial charge in [-0.2, -0.15) is 0 Å². The summed E-state index contributed by atoms with van der Waals surface area (Å²) < 4.78 is 11.6. The van der Waals surface area contributed by atoms with E-state index in [2.05, 4.69) is 5.32 Å². The van der Waals surface area contributed by atoms with Crippen molar-refractivity contribution in [3.8, 4) is 22.6 Å². The minimum atomic E-state index is -0.210. The number of amides is 1. The number of para-hydroxylation sites is 2. The highest BCUT2D eigenvalue weighted by atomic mass is 16.6. The summed E-state index contributed by atoms with van der Waals surface area (Å²) in [6.45, 7) is 0.800. The van der Waals surface area contributed by atoms with Gasteiger partial charge in [0.1, 0.15) is 12.7 Å². The molecule has 1 aliphatic rings. The Balaban J connectivity index is 1.45. The van der Waals surface area contributed by atoms with E-state index in [1.165, 1.54) is 0 Å². The van der Waals surface area contributed by atoms with Crippen LogP contribution in [0.5, 0.6) is 11.5 Å². The van der Waals surface area contributed by atoms with Crippen molar-refractivity contribution in [2.45, 2.75) is 6.10 Å². The molecule has 0 spiro atoms. The van der Waals surface area contributed by atoms with E-state index in [4.69, 9.17) is 9.47 Å². The standard InChI is InChI=1S/C22H19NO3/c24-22(19-11-5-4-10-18(19)16-8-2-1-3-9-16)23-14-17-15-25-20-12-6-7-13-21(20)26-17/h1-13,17H,14-15H2,(H,23,24). The monoisotopic (exact) mass is 345 g/mol. The first-order valence-electron chi connectivity index (χ1n) is 8.62. The van der Waals surface area contributed by atoms with Crippen LogP contribution in [0.4, 0.5) is 0 Å². The molecule has 130 valence electrons. The Morgan fingerprint density at radius 3 is 2.42 bits per heavy atom. The van der Waals surface area contributed by atoms with Gasteiger partial charge in [-0.05, 0) is 29.3 Å². The molecule has 4 rings (SSSR count). The molecule has 1 unspecified atom stereocenters. The van der Waals surface area contributed by atoms with Gasteiger partial charge in [0, 0.05) is 5.56 Å². The summed E-state index contributed by atoms with van der Waals surface area (Å²) in [5.41, 5.74) is 2.58. The van der Waals surface area contributed by atoms with Crippen LogP contribution in [-0.2, 0) is 0 Å². The van der Waals surface area contributed by atoms with Crippen LogP contribution in [0.2, 0.25) is 0 Å². The average molecular weight is 345 g/mol. The first kappa shape index (κ1) is 16.2. The van der Waals surface area contributed by atoms with Crippen molar-refractivity contribution < 1.29 is 14.3 Å². The minimum absolute atomic E-state index is 0.119. The molecule has 1 heterocycles. The van der Waals surface area contributed by atoms with E-state index in [9.17, 15) is 4.79 Å². The van der Waals surface area contributed by atoms with E-state index in [-0.39, 0.29) is 12.0 Å². The Bertz CT molecular complexity index is 908. The third-order valence-electron chi connectivity index (χ3n) is 4.31. The van der Waals surface area contributed by atoms with E-state index in [1.54, 1.807) is 0 Å². The maximum Gasteiger partial charge on any atom is 0.252 e. The van der Waals surface area contributed by atoms with Crippen LogP contribution in [-0.4, -0.2) is 25.2 Å². The van der Waals surface area contributed by atoms with E-state index in [0.29, 0.717) is 24.5 Å². The van der Waals surface area contributed by atoms with Gasteiger partial charge >= 0.3 is 0 Å². The molecule has 3 aromatic carbocycles. The number of carbonyl (C=O) groups excluding carboxylic acids is 1. The first-order chi connectivity index (χ1) is 12.8. The molecule has 1 N–H and O–H groups in total. The van der Waals surface area contributed by atoms with Crippen molar-refractivity contribution in [1.29, 1.82) is 0 Å². The van der Waals surface area contributed by atoms with Gasteiger partial charge in [-0.1, -0.05) is 60.7 Å². The van der Waals surface area contributed by atoms with Crippen molar-refractivity contribution in [3.63, 3.8) is 0 Å². The molecular formula is C22H19NO3. The lowest BCUT2D eigenvalue weighted by Crippen LogP contribution is -2.40. The quantitative estimate of drug-likeness (QED) is 0.779. The molecule has 0 saturated carbocycles. The highest BCUT2D eigenvalue weighted by Gasteiger charge is 2.21. The molecule has 26 heavy (non-hydrogen) atoms. The molecule has 4 heteroatoms. The maximum atomic E-state index is 12.7. The normalized spacial score (nSPS) is 15.3. The van der Waals surface area contributed by atoms with Crippen molar-refractivity contribution in [2.24, 2.45) is 0 Å². The molecule has 0 bridgehead atoms. The summed E-state index contributed by atoms with van der Waals surface area (Å²) in [7, 11) is 0. The summed E-state index contributed by atoms with van der Waals surface area (Å²) in [4.78, 5) is 12.7. The number of ether oxygens (including phenoxy) is 2. The summed E-state index contributed by atoms with van der Waals surface area (Å²) in [5, 5.41) is 2.97. The van der Waals surface area contributed by atoms with Gasteiger partial charge in [-0.25, -0.2) is 0 Å². The van der Waals surface area contributed by atoms with Gasteiger partial charge in [-0.3, -0.25) is 4.79 Å². The highest BCUT2D eigenvalue weighted by molar-refractivity contribution is 6.00. The van der Waals surface area contributed by atoms with Crippen LogP contribution in [0, 0.1) is 0 Å². The largest absolute Gasteiger partial charge is 0.486 e. The topological polar surface area (TPSA) is 47.6 Å². The second-order valence-corrected chi connectivity index (χ2v) is 6.12. The minimum Gasteiger partial charge on any atom is -0.486 e. The fourth-order valence-electron chi connectivity index (χ4n) is 3.02. The number of nitrogens with one attached hydrogen (secondary N) is 1. The molecule has 1 amide bonds. The third-order valence-corrected chi connectivity index (χ3v) is 4.31. The van der Waals surface area contributed by atoms with Crippen molar-refractivity contribution in [2.75, 3.05) is 13.2 Å². The number of hydrogen-bond acceptors (Lipinski definition) is 3. The molecule has 0 aliphatic carbocycles. The van der Waals surface area contributed by atoms with Gasteiger partial charge < -0.3 is 14.8 Å². The average Bonchev–Trinajstić information content (AvgIpc) is 2.72. The summed E-state index contributed by atoms with van der Waals surface area (Å²) >= 11 is 0. The first-order valence-corrected chi connectivity index (χ1v) is 8.62. The number of rotatable bonds is 4. The zero-order valence-electron chi connectivity index (χ0n) is 14.2. The fourth-order valence-corrected chi connectivity index (χ4v) is 3.02. The lowest BCUT2D eigenvalue weighted by atomic mass is 9.99. The molecule has 0 aromatic heterocycles. The smallest absolute Gasteiger partial charge is 0.252 e. The lowest BCUT2D eigenvalue weighted by molar-refractivity contribution is 0.0789. The molecule has 0 saturated heterocycles. The van der Waals surface area contributed by atoms with E-state index in [0.717, 1.165) is 16.9 Å². The molecule has 0 radical (unpaired) electrons. The van der Waals surface area contributed by atoms with Gasteiger partial charge in [0.05, 0.1) is 6.54 Å². The SMILES string of the molecule is O=C(NCC1COc2ccccc2O1)c1ccccc1-c1ccccc1. The predicted molar refractivity (Wildman–Crippen MR) is 101 cm³/mol. The van der Waals surface area contributed by atoms with Crippen LogP contribution >= 0.6 is 0 Å². The molecular weight excluding hydrogens is 326 g/mol. The van der Waals surface area contributed by atoms with Crippen LogP contribution < -0.4 is 14.8 Å². The number of benzene rings is 3. The molecule has 1 aliphatic heterocycles. The predicted octanol–water partition coefficient (Wildman–Crippen LogP) is 3.92. The summed E-state index contributed by atoms with van der Waals surface area (Å²) in [6, 6.07) is 25.1. The summed E-state index contributed by atoms with van der Waals surface area (Å²) in [6.07, 6.45) is -0.210. The van der Waals surface area contributed by atoms with E-state index >= 15 is 0 Å². The lowest BCUT2D eigenvalue weighted by Gasteiger charge is -2.26. The highest BCUT2D eigenvalue weighted by Crippen LogP contribution is 2.30. The zero-order valence-corrected chi connectivity index (χ0v) is 14.2. The van der Waals surface area contributed by atoms with Crippen LogP contribution in [0.25, 0.3) is 11.1 Å². The van der Waals surface area contributed by atoms with Crippen molar-refractivity contribution >= 4 is 5.91 Å². The molecule has 4 nitrogen and oxygen atoms in total. The second-order valence-electron chi connectivity index (χ2n) is 6.12. The van der Waals surface area contributed by atoms with Crippen LogP contribution in [0.15, 0.2) is 78.9 Å². The number of hydrogen-bond donors (Lipinski definition) is 1. The van der Waals surface area contributed by atoms with Gasteiger partial charge in [0.15, 0.2) is 11.5 Å². The molecule has 3 aromatic rings. The number of carbonyl (C=O) groups is 1. The van der Waals surface area contributed by atoms with Crippen LogP contribution in [0.1, 0.15) is 10.4 Å². The Labute approximate surface area is 152 Å². The van der Waals surface area contributed by atoms with E-state index < -0.39 is 0 Å². The van der Waals surface area contributed by atoms with Crippen molar-refractivity contribution in [3.05, 3.63) is 84.4 Å². The van der Waals surface area contributed by atoms with Gasteiger partial charge in [0.2, 0.25) is 0 Å². The second kappa shape index (κ2) is 7.31. The van der Waals surface area contributed by atoms with Gasteiger partial charge in [-0.15, -0.1) is 0 Å². The van der Waals surface area contributed by atoms with Crippen molar-refractivity contribution in [1.82, 2.24) is 5.32 Å². The fraction of sp³-hybridized carbons (Fsp3) is 0.136.